The molecule has 0 aliphatic heterocycles. The van der Waals surface area contributed by atoms with Crippen LogP contribution in [0, 0.1) is 42.0 Å². The van der Waals surface area contributed by atoms with Crippen molar-refractivity contribution in [3.05, 3.63) is 84.5 Å². The first-order chi connectivity index (χ1) is 16.8. The molecule has 0 fully saturated rings. The summed E-state index contributed by atoms with van der Waals surface area (Å²) in [5, 5.41) is 26.3. The van der Waals surface area contributed by atoms with E-state index in [0.29, 0.717) is 0 Å². The zero-order valence-corrected chi connectivity index (χ0v) is 33.6. The van der Waals surface area contributed by atoms with E-state index in [0.717, 1.165) is 36.4 Å². The second kappa shape index (κ2) is 25.6. The Labute approximate surface area is 333 Å². The molecule has 0 spiro atoms. The Hall–Kier alpha value is 1.45. The summed E-state index contributed by atoms with van der Waals surface area (Å²) < 4.78 is 134. The van der Waals surface area contributed by atoms with E-state index in [1.165, 1.54) is 6.07 Å². The number of para-hydroxylation sites is 1. The van der Waals surface area contributed by atoms with Crippen LogP contribution in [-0.4, -0.2) is 32.8 Å². The van der Waals surface area contributed by atoms with Crippen LogP contribution in [0.2, 0.25) is 0 Å². The molecule has 3 rings (SSSR count). The standard InChI is InChI=1S/C12H6F4IO2.C6H4F2O.2BrH.IO3.K.Na.H2O4S/c13-7-1-5(2-8(14)11(7)18)17-6-3-9(15)12(19)10(16)4-6;7-4-2-1-3-5(8)6(4)9;;;2-1(3)4;;;1-5(2,3)4/h1-4,18-19H;1-3,9H;2*1H;;;;(H2,1,2,3,4)/q-1;;;;-1;2*+1;/p-1. The van der Waals surface area contributed by atoms with Crippen molar-refractivity contribution in [3.8, 4) is 17.2 Å². The van der Waals surface area contributed by atoms with Crippen LogP contribution in [0.1, 0.15) is 0 Å². The number of phenols is 3. The van der Waals surface area contributed by atoms with Crippen molar-refractivity contribution in [3.63, 3.8) is 0 Å². The minimum Gasteiger partial charge on any atom is -1.00 e. The van der Waals surface area contributed by atoms with Crippen molar-refractivity contribution in [1.29, 1.82) is 0 Å². The van der Waals surface area contributed by atoms with Crippen LogP contribution in [0.5, 0.6) is 17.2 Å². The third-order valence-electron chi connectivity index (χ3n) is 3.12. The Morgan fingerprint density at radius 3 is 1.05 bits per heavy atom. The van der Waals surface area contributed by atoms with Crippen molar-refractivity contribution < 1.29 is 210 Å². The summed E-state index contributed by atoms with van der Waals surface area (Å²) in [6.45, 7) is 0. The van der Waals surface area contributed by atoms with E-state index in [1.807, 2.05) is 0 Å². The van der Waals surface area contributed by atoms with Gasteiger partial charge >= 0.3 is 206 Å². The number of hydrogen-bond donors (Lipinski definition) is 5. The average molecular weight is 1010 g/mol. The minimum atomic E-state index is -4.67. The first-order valence-corrected chi connectivity index (χ1v) is 14.6. The maximum absolute atomic E-state index is 13.1. The van der Waals surface area contributed by atoms with E-state index < -0.39 is 105 Å². The molecular weight excluding hydrogens is 998 g/mol. The predicted octanol–water partition coefficient (Wildman–Crippen LogP) is -14.2. The molecule has 0 unspecified atom stereocenters. The zero-order valence-electron chi connectivity index (χ0n) is 20.0. The molecular formula is C18H13Br2F6I2KNaO10S-. The molecule has 41 heavy (non-hydrogen) atoms. The number of benzene rings is 3. The Morgan fingerprint density at radius 1 is 0.659 bits per heavy atom. The van der Waals surface area contributed by atoms with Gasteiger partial charge in [-0.2, -0.15) is 8.42 Å². The maximum Gasteiger partial charge on any atom is 1.00 e. The summed E-state index contributed by atoms with van der Waals surface area (Å²) in [4.78, 5) is 0. The van der Waals surface area contributed by atoms with Gasteiger partial charge in [-0.15, -0.1) is 17.0 Å². The van der Waals surface area contributed by atoms with Gasteiger partial charge in [0.05, 0.1) is 0 Å². The van der Waals surface area contributed by atoms with Crippen LogP contribution in [-0.2, 0) is 10.4 Å². The Bertz CT molecular complexity index is 1190. The molecule has 3 aromatic carbocycles. The molecule has 0 heterocycles. The van der Waals surface area contributed by atoms with Gasteiger partial charge in [0.15, 0.2) is 17.4 Å². The number of aromatic hydroxyl groups is 3. The maximum atomic E-state index is 13.1. The smallest absolute Gasteiger partial charge is 1.00 e. The quantitative estimate of drug-likeness (QED) is 0.0711. The van der Waals surface area contributed by atoms with Crippen LogP contribution in [0.15, 0.2) is 42.5 Å². The van der Waals surface area contributed by atoms with E-state index >= 15 is 0 Å². The van der Waals surface area contributed by atoms with Crippen LogP contribution < -0.4 is 151 Å². The zero-order chi connectivity index (χ0) is 29.1. The Morgan fingerprint density at radius 2 is 0.854 bits per heavy atom. The first-order valence-electron chi connectivity index (χ1n) is 8.40. The van der Waals surface area contributed by atoms with Gasteiger partial charge in [-0.05, 0) is 12.1 Å². The average Bonchev–Trinajstić information content (AvgIpc) is 2.73. The molecule has 0 saturated carbocycles. The summed E-state index contributed by atoms with van der Waals surface area (Å²) in [7, 11) is -4.67. The van der Waals surface area contributed by atoms with E-state index in [1.54, 1.807) is 0 Å². The molecule has 0 bridgehead atoms. The van der Waals surface area contributed by atoms with Crippen molar-refractivity contribution in [2.24, 2.45) is 0 Å². The molecule has 0 aliphatic carbocycles. The van der Waals surface area contributed by atoms with Gasteiger partial charge in [0, 0.05) is 0 Å². The SMILES string of the molecule is Br.O=S(=O)(O)O.Oc1c(F)cc([I-]c2cc(F)c(O)c(F)c2)cc1F.Oc1c(F)cccc1F.[Br-].[K+].[Na+].[O-][I+2]([O-])[O-]. The normalized spacial score (nSPS) is 9.46. The van der Waals surface area contributed by atoms with Crippen LogP contribution in [0.25, 0.3) is 0 Å². The van der Waals surface area contributed by atoms with Gasteiger partial charge in [-0.3, -0.25) is 9.11 Å². The predicted molar refractivity (Wildman–Crippen MR) is 106 cm³/mol. The van der Waals surface area contributed by atoms with Crippen LogP contribution in [0.3, 0.4) is 0 Å². The van der Waals surface area contributed by atoms with Gasteiger partial charge in [-0.25, -0.2) is 8.78 Å². The summed E-state index contributed by atoms with van der Waals surface area (Å²) >= 11 is -5.26. The molecule has 224 valence electrons. The fraction of sp³-hybridized carbons (Fsp3) is 0. The summed E-state index contributed by atoms with van der Waals surface area (Å²) in [5.74, 6) is -9.48. The monoisotopic (exact) mass is 1010 g/mol. The van der Waals surface area contributed by atoms with Crippen LogP contribution in [0.4, 0.5) is 26.3 Å². The number of halogens is 10. The van der Waals surface area contributed by atoms with Crippen molar-refractivity contribution >= 4 is 27.4 Å². The van der Waals surface area contributed by atoms with Gasteiger partial charge in [0.1, 0.15) is 0 Å². The fourth-order valence-corrected chi connectivity index (χ4v) is 4.23. The summed E-state index contributed by atoms with van der Waals surface area (Å²) in [5.41, 5.74) is 0. The number of hydrogen-bond acceptors (Lipinski definition) is 8. The molecule has 3 aromatic rings. The molecule has 0 aromatic heterocycles. The summed E-state index contributed by atoms with van der Waals surface area (Å²) in [6, 6.07) is 6.80. The molecule has 0 radical (unpaired) electrons. The third kappa shape index (κ3) is 24.4. The Kier molecular flexibility index (Phi) is 32.5. The summed E-state index contributed by atoms with van der Waals surface area (Å²) in [6.07, 6.45) is 0. The van der Waals surface area contributed by atoms with Gasteiger partial charge in [0.25, 0.3) is 21.1 Å². The molecule has 0 aliphatic rings. The molecule has 5 N–H and O–H groups in total. The molecule has 10 nitrogen and oxygen atoms in total. The van der Waals surface area contributed by atoms with E-state index in [9.17, 15) is 26.3 Å². The number of phenolic OH excluding ortho intramolecular Hbond substituents is 3. The van der Waals surface area contributed by atoms with Gasteiger partial charge in [-0.1, -0.05) is 6.07 Å². The second-order valence-electron chi connectivity index (χ2n) is 5.74. The van der Waals surface area contributed by atoms with Gasteiger partial charge < -0.3 is 32.4 Å². The molecule has 0 atom stereocenters. The molecule has 23 heteroatoms. The molecule has 0 amide bonds. The van der Waals surface area contributed by atoms with E-state index in [4.69, 9.17) is 43.2 Å². The van der Waals surface area contributed by atoms with Crippen molar-refractivity contribution in [1.82, 2.24) is 0 Å². The number of rotatable bonds is 2. The third-order valence-corrected chi connectivity index (χ3v) is 5.61. The van der Waals surface area contributed by atoms with Crippen LogP contribution >= 0.6 is 17.0 Å². The first kappa shape index (κ1) is 52.0. The fourth-order valence-electron chi connectivity index (χ4n) is 1.79. The van der Waals surface area contributed by atoms with E-state index in [-0.39, 0.29) is 122 Å². The topological polar surface area (TPSA) is 204 Å². The minimum absolute atomic E-state index is 0. The largest absolute Gasteiger partial charge is 1.00 e. The van der Waals surface area contributed by atoms with Gasteiger partial charge in [0.2, 0.25) is 0 Å². The van der Waals surface area contributed by atoms with Crippen molar-refractivity contribution in [2.45, 2.75) is 0 Å². The van der Waals surface area contributed by atoms with Crippen molar-refractivity contribution in [2.75, 3.05) is 0 Å². The van der Waals surface area contributed by atoms with E-state index in [2.05, 4.69) is 0 Å². The Balaban J connectivity index is -0.000000166. The second-order valence-corrected chi connectivity index (χ2v) is 10.7. The molecule has 0 saturated heterocycles.